The van der Waals surface area contributed by atoms with Crippen LogP contribution >= 0.6 is 11.6 Å². The summed E-state index contributed by atoms with van der Waals surface area (Å²) in [5.41, 5.74) is 1.93. The zero-order valence-corrected chi connectivity index (χ0v) is 14.0. The summed E-state index contributed by atoms with van der Waals surface area (Å²) in [5, 5.41) is 1.69. The zero-order valence-electron chi connectivity index (χ0n) is 13.3. The molecule has 4 heterocycles. The number of anilines is 1. The molecule has 4 rings (SSSR count). The molecule has 1 N–H and O–H groups in total. The van der Waals surface area contributed by atoms with Crippen molar-refractivity contribution in [1.29, 1.82) is 0 Å². The number of piperidine rings is 1. The first-order valence-electron chi connectivity index (χ1n) is 8.19. The van der Waals surface area contributed by atoms with Crippen LogP contribution in [0.4, 0.5) is 5.82 Å². The van der Waals surface area contributed by atoms with Gasteiger partial charge < -0.3 is 14.6 Å². The fourth-order valence-electron chi connectivity index (χ4n) is 3.13. The number of hydrogen-bond donors (Lipinski definition) is 1. The molecule has 24 heavy (non-hydrogen) atoms. The summed E-state index contributed by atoms with van der Waals surface area (Å²) in [4.78, 5) is 14.2. The third kappa shape index (κ3) is 3.23. The molecule has 1 atom stereocenters. The van der Waals surface area contributed by atoms with Gasteiger partial charge in [0, 0.05) is 43.1 Å². The molecular formula is C18H19ClN4O. The molecule has 0 bridgehead atoms. The minimum Gasteiger partial charge on any atom is -0.372 e. The van der Waals surface area contributed by atoms with Crippen LogP contribution in [-0.2, 0) is 11.3 Å². The average molecular weight is 343 g/mol. The van der Waals surface area contributed by atoms with Crippen molar-refractivity contribution in [2.24, 2.45) is 0 Å². The maximum atomic E-state index is 6.38. The number of ether oxygens (including phenoxy) is 1. The molecule has 124 valence electrons. The maximum absolute atomic E-state index is 6.38. The Bertz CT molecular complexity index is 820. The second-order valence-electron chi connectivity index (χ2n) is 6.08. The summed E-state index contributed by atoms with van der Waals surface area (Å²) >= 11 is 6.38. The van der Waals surface area contributed by atoms with Crippen molar-refractivity contribution >= 4 is 28.5 Å². The minimum atomic E-state index is 0.193. The Morgan fingerprint density at radius 1 is 1.38 bits per heavy atom. The van der Waals surface area contributed by atoms with E-state index in [1.807, 2.05) is 36.7 Å². The van der Waals surface area contributed by atoms with Gasteiger partial charge in [0.1, 0.15) is 11.5 Å². The van der Waals surface area contributed by atoms with Gasteiger partial charge in [-0.05, 0) is 30.5 Å². The Kier molecular flexibility index (Phi) is 4.36. The summed E-state index contributed by atoms with van der Waals surface area (Å²) in [6, 6.07) is 7.86. The lowest BCUT2D eigenvalue weighted by molar-refractivity contribution is 0.0313. The first-order chi connectivity index (χ1) is 11.8. The molecule has 1 saturated heterocycles. The van der Waals surface area contributed by atoms with Gasteiger partial charge in [0.2, 0.25) is 0 Å². The third-order valence-electron chi connectivity index (χ3n) is 4.38. The molecule has 1 fully saturated rings. The van der Waals surface area contributed by atoms with Crippen molar-refractivity contribution in [2.75, 3.05) is 18.0 Å². The van der Waals surface area contributed by atoms with Gasteiger partial charge >= 0.3 is 0 Å². The van der Waals surface area contributed by atoms with Gasteiger partial charge in [-0.1, -0.05) is 17.7 Å². The Balaban J connectivity index is 1.45. The van der Waals surface area contributed by atoms with Crippen LogP contribution in [0, 0.1) is 0 Å². The highest BCUT2D eigenvalue weighted by Gasteiger charge is 2.22. The summed E-state index contributed by atoms with van der Waals surface area (Å²) in [5.74, 6) is 0.907. The molecule has 3 aromatic rings. The summed E-state index contributed by atoms with van der Waals surface area (Å²) in [6.45, 7) is 2.40. The Labute approximate surface area is 145 Å². The van der Waals surface area contributed by atoms with Crippen LogP contribution in [0.2, 0.25) is 5.02 Å². The first-order valence-corrected chi connectivity index (χ1v) is 8.56. The molecule has 6 heteroatoms. The lowest BCUT2D eigenvalue weighted by Crippen LogP contribution is -2.40. The maximum Gasteiger partial charge on any atom is 0.141 e. The largest absolute Gasteiger partial charge is 0.372 e. The molecule has 0 aliphatic carbocycles. The predicted octanol–water partition coefficient (Wildman–Crippen LogP) is 3.80. The fourth-order valence-corrected chi connectivity index (χ4v) is 3.38. The van der Waals surface area contributed by atoms with Gasteiger partial charge in [-0.15, -0.1) is 0 Å². The molecular weight excluding hydrogens is 324 g/mol. The van der Waals surface area contributed by atoms with E-state index in [0.29, 0.717) is 6.61 Å². The zero-order chi connectivity index (χ0) is 16.4. The lowest BCUT2D eigenvalue weighted by atomic mass is 10.1. The van der Waals surface area contributed by atoms with Crippen LogP contribution in [0.25, 0.3) is 11.0 Å². The Morgan fingerprint density at radius 2 is 2.33 bits per heavy atom. The van der Waals surface area contributed by atoms with Gasteiger partial charge in [-0.3, -0.25) is 4.98 Å². The van der Waals surface area contributed by atoms with E-state index in [-0.39, 0.29) is 6.10 Å². The van der Waals surface area contributed by atoms with Crippen LogP contribution in [0.5, 0.6) is 0 Å². The summed E-state index contributed by atoms with van der Waals surface area (Å²) in [6.07, 6.45) is 7.83. The highest BCUT2D eigenvalue weighted by Crippen LogP contribution is 2.28. The monoisotopic (exact) mass is 342 g/mol. The lowest BCUT2D eigenvalue weighted by Gasteiger charge is -2.33. The van der Waals surface area contributed by atoms with Crippen molar-refractivity contribution in [3.8, 4) is 0 Å². The van der Waals surface area contributed by atoms with E-state index in [9.17, 15) is 0 Å². The second-order valence-corrected chi connectivity index (χ2v) is 6.49. The van der Waals surface area contributed by atoms with Gasteiger partial charge in [-0.25, -0.2) is 4.98 Å². The van der Waals surface area contributed by atoms with E-state index in [2.05, 4.69) is 14.9 Å². The SMILES string of the molecule is Clc1cc(N2CCC[C@H](OCc3cccnc3)C2)nc2[nH]ccc12. The van der Waals surface area contributed by atoms with Gasteiger partial charge in [0.05, 0.1) is 17.7 Å². The van der Waals surface area contributed by atoms with Crippen LogP contribution in [-0.4, -0.2) is 34.1 Å². The van der Waals surface area contributed by atoms with E-state index in [4.69, 9.17) is 21.3 Å². The topological polar surface area (TPSA) is 54.0 Å². The van der Waals surface area contributed by atoms with Crippen molar-refractivity contribution in [3.63, 3.8) is 0 Å². The van der Waals surface area contributed by atoms with Crippen LogP contribution in [0.3, 0.4) is 0 Å². The number of nitrogens with one attached hydrogen (secondary N) is 1. The predicted molar refractivity (Wildman–Crippen MR) is 95.4 cm³/mol. The van der Waals surface area contributed by atoms with E-state index in [0.717, 1.165) is 53.4 Å². The normalized spacial score (nSPS) is 18.2. The molecule has 0 amide bonds. The standard InChI is InChI=1S/C18H19ClN4O/c19-16-9-17(22-18-15(16)5-7-21-18)23-8-2-4-14(11-23)24-12-13-3-1-6-20-10-13/h1,3,5-7,9-10,14H,2,4,8,11-12H2,(H,21,22)/t14-/m0/s1. The molecule has 5 nitrogen and oxygen atoms in total. The van der Waals surface area contributed by atoms with Gasteiger partial charge in [-0.2, -0.15) is 0 Å². The number of aromatic nitrogens is 3. The molecule has 0 unspecified atom stereocenters. The molecule has 3 aromatic heterocycles. The quantitative estimate of drug-likeness (QED) is 0.783. The first kappa shape index (κ1) is 15.4. The number of nitrogens with zero attached hydrogens (tertiary/aromatic N) is 3. The smallest absolute Gasteiger partial charge is 0.141 e. The molecule has 1 aliphatic rings. The fraction of sp³-hybridized carbons (Fsp3) is 0.333. The van der Waals surface area contributed by atoms with Crippen LogP contribution in [0.15, 0.2) is 42.9 Å². The molecule has 0 aromatic carbocycles. The van der Waals surface area contributed by atoms with Crippen molar-refractivity contribution in [2.45, 2.75) is 25.6 Å². The number of H-pyrrole nitrogens is 1. The average Bonchev–Trinajstić information content (AvgIpc) is 3.10. The molecule has 0 radical (unpaired) electrons. The van der Waals surface area contributed by atoms with Gasteiger partial charge in [0.25, 0.3) is 0 Å². The Morgan fingerprint density at radius 3 is 3.21 bits per heavy atom. The van der Waals surface area contributed by atoms with Crippen LogP contribution < -0.4 is 4.90 Å². The molecule has 0 saturated carbocycles. The molecule has 1 aliphatic heterocycles. The van der Waals surface area contributed by atoms with E-state index in [1.165, 1.54) is 0 Å². The number of halogens is 1. The second kappa shape index (κ2) is 6.79. The number of hydrogen-bond acceptors (Lipinski definition) is 4. The number of fused-ring (bicyclic) bond motifs is 1. The van der Waals surface area contributed by atoms with Gasteiger partial charge in [0.15, 0.2) is 0 Å². The number of rotatable bonds is 4. The highest BCUT2D eigenvalue weighted by atomic mass is 35.5. The summed E-state index contributed by atoms with van der Waals surface area (Å²) < 4.78 is 6.07. The van der Waals surface area contributed by atoms with Crippen molar-refractivity contribution < 1.29 is 4.74 Å². The van der Waals surface area contributed by atoms with Crippen molar-refractivity contribution in [3.05, 3.63) is 53.4 Å². The highest BCUT2D eigenvalue weighted by molar-refractivity contribution is 6.35. The van der Waals surface area contributed by atoms with Crippen LogP contribution in [0.1, 0.15) is 18.4 Å². The minimum absolute atomic E-state index is 0.193. The number of pyridine rings is 2. The van der Waals surface area contributed by atoms with E-state index >= 15 is 0 Å². The van der Waals surface area contributed by atoms with E-state index < -0.39 is 0 Å². The number of aromatic amines is 1. The molecule has 0 spiro atoms. The third-order valence-corrected chi connectivity index (χ3v) is 4.69. The Hall–Kier alpha value is -2.11. The van der Waals surface area contributed by atoms with E-state index in [1.54, 1.807) is 6.20 Å². The van der Waals surface area contributed by atoms with Crippen molar-refractivity contribution in [1.82, 2.24) is 15.0 Å². The summed E-state index contributed by atoms with van der Waals surface area (Å²) in [7, 11) is 0.